The van der Waals surface area contributed by atoms with Crippen LogP contribution in [0.3, 0.4) is 0 Å². The van der Waals surface area contributed by atoms with E-state index in [9.17, 15) is 18.3 Å². The van der Waals surface area contributed by atoms with Gasteiger partial charge in [0.15, 0.2) is 11.5 Å². The highest BCUT2D eigenvalue weighted by molar-refractivity contribution is 5.76. The van der Waals surface area contributed by atoms with Crippen LogP contribution in [0.5, 0.6) is 17.2 Å². The number of benzene rings is 4. The van der Waals surface area contributed by atoms with Crippen LogP contribution >= 0.6 is 0 Å². The predicted molar refractivity (Wildman–Crippen MR) is 121 cm³/mol. The second-order valence-electron chi connectivity index (χ2n) is 7.44. The zero-order valence-corrected chi connectivity index (χ0v) is 17.8. The first-order chi connectivity index (χ1) is 15.8. The minimum atomic E-state index is -4.56. The van der Waals surface area contributed by atoms with Crippen molar-refractivity contribution in [3.63, 3.8) is 0 Å². The SMILES string of the molecule is COc1cc(-c2ccc(-c3ccc(O)cc3)cc2C(F)(F)F)ccc1OCc1ccccc1. The predicted octanol–water partition coefficient (Wildman–Crippen LogP) is 7.33. The van der Waals surface area contributed by atoms with Gasteiger partial charge in [-0.2, -0.15) is 13.2 Å². The van der Waals surface area contributed by atoms with Crippen molar-refractivity contribution in [2.24, 2.45) is 0 Å². The molecule has 0 aliphatic carbocycles. The fourth-order valence-electron chi connectivity index (χ4n) is 3.55. The Kier molecular flexibility index (Phi) is 6.27. The van der Waals surface area contributed by atoms with E-state index in [0.717, 1.165) is 11.6 Å². The largest absolute Gasteiger partial charge is 0.508 e. The molecule has 4 rings (SSSR count). The Morgan fingerprint density at radius 3 is 2.06 bits per heavy atom. The van der Waals surface area contributed by atoms with Gasteiger partial charge in [0.2, 0.25) is 0 Å². The average molecular weight is 450 g/mol. The van der Waals surface area contributed by atoms with E-state index in [-0.39, 0.29) is 11.3 Å². The maximum absolute atomic E-state index is 14.0. The number of alkyl halides is 3. The number of rotatable bonds is 6. The van der Waals surface area contributed by atoms with Crippen LogP contribution in [-0.4, -0.2) is 12.2 Å². The number of ether oxygens (including phenoxy) is 2. The fraction of sp³-hybridized carbons (Fsp3) is 0.111. The van der Waals surface area contributed by atoms with Crippen LogP contribution in [-0.2, 0) is 12.8 Å². The second kappa shape index (κ2) is 9.28. The van der Waals surface area contributed by atoms with E-state index in [4.69, 9.17) is 9.47 Å². The van der Waals surface area contributed by atoms with Gasteiger partial charge in [0.05, 0.1) is 12.7 Å². The van der Waals surface area contributed by atoms with Crippen LogP contribution in [0, 0.1) is 0 Å². The number of hydrogen-bond acceptors (Lipinski definition) is 3. The van der Waals surface area contributed by atoms with Crippen molar-refractivity contribution in [3.05, 3.63) is 102 Å². The molecule has 4 aromatic carbocycles. The van der Waals surface area contributed by atoms with Crippen molar-refractivity contribution < 1.29 is 27.8 Å². The number of halogens is 3. The molecule has 0 radical (unpaired) electrons. The van der Waals surface area contributed by atoms with Gasteiger partial charge in [-0.25, -0.2) is 0 Å². The standard InChI is InChI=1S/C27H21F3O3/c1-32-26-16-21(10-14-25(26)33-17-18-5-3-2-4-6-18)23-13-9-20(15-24(23)27(28,29)30)19-7-11-22(31)12-8-19/h2-16,31H,17H2,1H3. The van der Waals surface area contributed by atoms with E-state index in [1.54, 1.807) is 36.4 Å². The lowest BCUT2D eigenvalue weighted by molar-refractivity contribution is -0.137. The maximum Gasteiger partial charge on any atom is 0.417 e. The molecule has 0 bridgehead atoms. The summed E-state index contributed by atoms with van der Waals surface area (Å²) in [5, 5.41) is 9.45. The lowest BCUT2D eigenvalue weighted by Gasteiger charge is -2.17. The fourth-order valence-corrected chi connectivity index (χ4v) is 3.55. The summed E-state index contributed by atoms with van der Waals surface area (Å²) in [6.45, 7) is 0.311. The van der Waals surface area contributed by atoms with Crippen molar-refractivity contribution >= 4 is 0 Å². The number of phenolic OH excluding ortho intramolecular Hbond substituents is 1. The van der Waals surface area contributed by atoms with Crippen molar-refractivity contribution in [1.29, 1.82) is 0 Å². The van der Waals surface area contributed by atoms with E-state index in [1.165, 1.54) is 25.3 Å². The van der Waals surface area contributed by atoms with Gasteiger partial charge in [-0.15, -0.1) is 0 Å². The normalized spacial score (nSPS) is 11.3. The van der Waals surface area contributed by atoms with E-state index in [0.29, 0.717) is 34.8 Å². The van der Waals surface area contributed by atoms with E-state index in [2.05, 4.69) is 0 Å². The molecule has 168 valence electrons. The Hall–Kier alpha value is -3.93. The summed E-state index contributed by atoms with van der Waals surface area (Å²) >= 11 is 0. The van der Waals surface area contributed by atoms with Crippen LogP contribution in [0.4, 0.5) is 13.2 Å². The molecular formula is C27H21F3O3. The van der Waals surface area contributed by atoms with Gasteiger partial charge >= 0.3 is 6.18 Å². The van der Waals surface area contributed by atoms with E-state index >= 15 is 0 Å². The number of hydrogen-bond donors (Lipinski definition) is 1. The smallest absolute Gasteiger partial charge is 0.417 e. The van der Waals surface area contributed by atoms with Crippen molar-refractivity contribution in [3.8, 4) is 39.5 Å². The molecule has 33 heavy (non-hydrogen) atoms. The first-order valence-corrected chi connectivity index (χ1v) is 10.2. The van der Waals surface area contributed by atoms with Gasteiger partial charge in [0.25, 0.3) is 0 Å². The highest BCUT2D eigenvalue weighted by atomic mass is 19.4. The lowest BCUT2D eigenvalue weighted by atomic mass is 9.94. The third-order valence-corrected chi connectivity index (χ3v) is 5.24. The lowest BCUT2D eigenvalue weighted by Crippen LogP contribution is -2.07. The summed E-state index contributed by atoms with van der Waals surface area (Å²) in [5.41, 5.74) is 1.59. The highest BCUT2D eigenvalue weighted by Gasteiger charge is 2.34. The maximum atomic E-state index is 14.0. The highest BCUT2D eigenvalue weighted by Crippen LogP contribution is 2.42. The van der Waals surface area contributed by atoms with Gasteiger partial charge in [0.1, 0.15) is 12.4 Å². The molecule has 0 aliphatic heterocycles. The van der Waals surface area contributed by atoms with Gasteiger partial charge in [-0.3, -0.25) is 0 Å². The monoisotopic (exact) mass is 450 g/mol. The molecule has 4 aromatic rings. The first kappa shape index (κ1) is 22.3. The minimum absolute atomic E-state index is 0.0398. The van der Waals surface area contributed by atoms with Crippen LogP contribution < -0.4 is 9.47 Å². The quantitative estimate of drug-likeness (QED) is 0.334. The molecular weight excluding hydrogens is 429 g/mol. The van der Waals surface area contributed by atoms with E-state index in [1.807, 2.05) is 30.3 Å². The van der Waals surface area contributed by atoms with Crippen molar-refractivity contribution in [1.82, 2.24) is 0 Å². The summed E-state index contributed by atoms with van der Waals surface area (Å²) in [6.07, 6.45) is -4.56. The van der Waals surface area contributed by atoms with Crippen molar-refractivity contribution in [2.45, 2.75) is 12.8 Å². The molecule has 0 saturated heterocycles. The summed E-state index contributed by atoms with van der Waals surface area (Å²) in [6, 6.07) is 24.5. The summed E-state index contributed by atoms with van der Waals surface area (Å²) < 4.78 is 53.1. The first-order valence-electron chi connectivity index (χ1n) is 10.2. The van der Waals surface area contributed by atoms with Gasteiger partial charge in [0, 0.05) is 0 Å². The Balaban J connectivity index is 1.69. The van der Waals surface area contributed by atoms with Crippen LogP contribution in [0.2, 0.25) is 0 Å². The Labute approximate surface area is 189 Å². The Morgan fingerprint density at radius 1 is 0.727 bits per heavy atom. The third kappa shape index (κ3) is 5.12. The van der Waals surface area contributed by atoms with Crippen LogP contribution in [0.25, 0.3) is 22.3 Å². The molecule has 6 heteroatoms. The summed E-state index contributed by atoms with van der Waals surface area (Å²) in [5.74, 6) is 0.839. The molecule has 0 aromatic heterocycles. The van der Waals surface area contributed by atoms with Crippen LogP contribution in [0.1, 0.15) is 11.1 Å². The van der Waals surface area contributed by atoms with Gasteiger partial charge < -0.3 is 14.6 Å². The number of methoxy groups -OCH3 is 1. The van der Waals surface area contributed by atoms with Crippen molar-refractivity contribution in [2.75, 3.05) is 7.11 Å². The van der Waals surface area contributed by atoms with Crippen LogP contribution in [0.15, 0.2) is 91.0 Å². The Bertz CT molecular complexity index is 1230. The molecule has 0 heterocycles. The third-order valence-electron chi connectivity index (χ3n) is 5.24. The molecule has 3 nitrogen and oxygen atoms in total. The minimum Gasteiger partial charge on any atom is -0.508 e. The topological polar surface area (TPSA) is 38.7 Å². The number of aromatic hydroxyl groups is 1. The zero-order valence-electron chi connectivity index (χ0n) is 17.8. The summed E-state index contributed by atoms with van der Waals surface area (Å²) in [7, 11) is 1.45. The zero-order chi connectivity index (χ0) is 23.4. The number of phenols is 1. The van der Waals surface area contributed by atoms with E-state index < -0.39 is 11.7 Å². The van der Waals surface area contributed by atoms with Gasteiger partial charge in [-0.05, 0) is 58.1 Å². The average Bonchev–Trinajstić information content (AvgIpc) is 2.83. The second-order valence-corrected chi connectivity index (χ2v) is 7.44. The van der Waals surface area contributed by atoms with Gasteiger partial charge in [-0.1, -0.05) is 60.7 Å². The summed E-state index contributed by atoms with van der Waals surface area (Å²) in [4.78, 5) is 0. The molecule has 1 N–H and O–H groups in total. The molecule has 0 aliphatic rings. The molecule has 0 saturated carbocycles. The molecule has 0 amide bonds. The molecule has 0 unspecified atom stereocenters. The molecule has 0 fully saturated rings. The Morgan fingerprint density at radius 2 is 1.39 bits per heavy atom. The molecule has 0 spiro atoms. The molecule has 0 atom stereocenters.